The van der Waals surface area contributed by atoms with Gasteiger partial charge in [0.25, 0.3) is 11.2 Å². The number of hydrogen-bond acceptors (Lipinski definition) is 9. The second kappa shape index (κ2) is 11.1. The third-order valence-corrected chi connectivity index (χ3v) is 6.51. The van der Waals surface area contributed by atoms with Crippen molar-refractivity contribution < 1.29 is 24.0 Å². The van der Waals surface area contributed by atoms with Gasteiger partial charge in [0.15, 0.2) is 0 Å². The van der Waals surface area contributed by atoms with Gasteiger partial charge in [-0.3, -0.25) is 14.9 Å². The number of hydrogen-bond donors (Lipinski definition) is 2. The van der Waals surface area contributed by atoms with Crippen LogP contribution in [0.3, 0.4) is 0 Å². The van der Waals surface area contributed by atoms with Crippen molar-refractivity contribution in [1.82, 2.24) is 10.3 Å². The smallest absolute Gasteiger partial charge is 0.342 e. The lowest BCUT2D eigenvalue weighted by molar-refractivity contribution is -0.384. The number of nitriles is 1. The van der Waals surface area contributed by atoms with Crippen molar-refractivity contribution in [3.05, 3.63) is 114 Å². The van der Waals surface area contributed by atoms with Crippen LogP contribution in [0, 0.1) is 28.4 Å². The number of dihydropyridines is 1. The first-order chi connectivity index (χ1) is 19.0. The molecule has 1 aliphatic rings. The third kappa shape index (κ3) is 5.23. The number of esters is 2. The summed E-state index contributed by atoms with van der Waals surface area (Å²) in [4.78, 5) is 52.0. The van der Waals surface area contributed by atoms with Crippen LogP contribution in [0.5, 0.6) is 5.75 Å². The van der Waals surface area contributed by atoms with Crippen LogP contribution in [0.2, 0.25) is 0 Å². The number of methoxy groups -OCH3 is 1. The summed E-state index contributed by atoms with van der Waals surface area (Å²) in [5.74, 6) is -2.34. The number of rotatable bonds is 6. The maximum atomic E-state index is 13.7. The molecule has 2 heterocycles. The SMILES string of the molecule is COC(=O)C1=C(C)NC(C)=C(C(=O)Oc2cccc(-c3cc(C#N)c(=O)[nH]c3C)c2)C1c1cccc([N+](=O)[O-])c1. The number of aromatic amines is 1. The fraction of sp³-hybridized carbons (Fsp3) is 0.172. The Morgan fingerprint density at radius 3 is 2.33 bits per heavy atom. The molecule has 2 N–H and O–H groups in total. The van der Waals surface area contributed by atoms with E-state index in [9.17, 15) is 29.8 Å². The average molecular weight is 541 g/mol. The number of nitro benzene ring substituents is 1. The molecular weight excluding hydrogens is 516 g/mol. The molecule has 0 amide bonds. The Morgan fingerprint density at radius 1 is 1.00 bits per heavy atom. The molecular formula is C29H24N4O7. The van der Waals surface area contributed by atoms with E-state index in [-0.39, 0.29) is 28.1 Å². The zero-order valence-corrected chi connectivity index (χ0v) is 22.0. The van der Waals surface area contributed by atoms with Crippen LogP contribution in [0.25, 0.3) is 11.1 Å². The molecule has 11 nitrogen and oxygen atoms in total. The van der Waals surface area contributed by atoms with Gasteiger partial charge in [-0.2, -0.15) is 5.26 Å². The monoisotopic (exact) mass is 540 g/mol. The number of nitro groups is 1. The van der Waals surface area contributed by atoms with E-state index in [0.717, 1.165) is 0 Å². The summed E-state index contributed by atoms with van der Waals surface area (Å²) in [6.45, 7) is 4.97. The highest BCUT2D eigenvalue weighted by Gasteiger charge is 2.38. The van der Waals surface area contributed by atoms with E-state index in [0.29, 0.717) is 33.8 Å². The number of carbonyl (C=O) groups is 2. The number of nitrogens with one attached hydrogen (secondary N) is 2. The van der Waals surface area contributed by atoms with E-state index in [1.165, 1.54) is 31.4 Å². The van der Waals surface area contributed by atoms with Crippen molar-refractivity contribution in [2.24, 2.45) is 0 Å². The molecule has 1 aliphatic heterocycles. The molecule has 0 aliphatic carbocycles. The summed E-state index contributed by atoms with van der Waals surface area (Å²) in [5.41, 5.74) is 2.27. The van der Waals surface area contributed by atoms with Crippen molar-refractivity contribution in [1.29, 1.82) is 5.26 Å². The van der Waals surface area contributed by atoms with E-state index in [2.05, 4.69) is 10.3 Å². The Morgan fingerprint density at radius 2 is 1.68 bits per heavy atom. The predicted molar refractivity (Wildman–Crippen MR) is 144 cm³/mol. The van der Waals surface area contributed by atoms with Gasteiger partial charge in [-0.25, -0.2) is 9.59 Å². The van der Waals surface area contributed by atoms with E-state index < -0.39 is 28.3 Å². The minimum atomic E-state index is -1.01. The Kier molecular flexibility index (Phi) is 7.63. The zero-order chi connectivity index (χ0) is 29.1. The highest BCUT2D eigenvalue weighted by Crippen LogP contribution is 2.40. The van der Waals surface area contributed by atoms with E-state index in [1.807, 2.05) is 6.07 Å². The lowest BCUT2D eigenvalue weighted by atomic mass is 9.80. The third-order valence-electron chi connectivity index (χ3n) is 6.51. The van der Waals surface area contributed by atoms with Gasteiger partial charge in [-0.1, -0.05) is 24.3 Å². The Labute approximate surface area is 228 Å². The fourth-order valence-corrected chi connectivity index (χ4v) is 4.69. The minimum Gasteiger partial charge on any atom is -0.466 e. The molecule has 2 aromatic carbocycles. The second-order valence-electron chi connectivity index (χ2n) is 9.06. The van der Waals surface area contributed by atoms with Crippen molar-refractivity contribution in [2.75, 3.05) is 7.11 Å². The molecule has 0 radical (unpaired) electrons. The molecule has 0 saturated heterocycles. The van der Waals surface area contributed by atoms with Crippen LogP contribution in [-0.2, 0) is 14.3 Å². The van der Waals surface area contributed by atoms with Crippen molar-refractivity contribution in [3.63, 3.8) is 0 Å². The van der Waals surface area contributed by atoms with Crippen LogP contribution in [0.15, 0.2) is 81.9 Å². The van der Waals surface area contributed by atoms with E-state index >= 15 is 0 Å². The maximum Gasteiger partial charge on any atom is 0.342 e. The Hall–Kier alpha value is -5.50. The molecule has 1 atom stereocenters. The lowest BCUT2D eigenvalue weighted by Crippen LogP contribution is -2.33. The molecule has 0 fully saturated rings. The first kappa shape index (κ1) is 27.5. The van der Waals surface area contributed by atoms with Gasteiger partial charge in [0.2, 0.25) is 0 Å². The van der Waals surface area contributed by atoms with Crippen molar-refractivity contribution >= 4 is 17.6 Å². The predicted octanol–water partition coefficient (Wildman–Crippen LogP) is 4.14. The molecule has 1 aromatic heterocycles. The van der Waals surface area contributed by atoms with Crippen LogP contribution in [-0.4, -0.2) is 29.0 Å². The number of carbonyl (C=O) groups excluding carboxylic acids is 2. The number of H-pyrrole nitrogens is 1. The van der Waals surface area contributed by atoms with Crippen molar-refractivity contribution in [2.45, 2.75) is 26.7 Å². The summed E-state index contributed by atoms with van der Waals surface area (Å²) < 4.78 is 10.7. The number of non-ortho nitro benzene ring substituents is 1. The molecule has 11 heteroatoms. The number of ether oxygens (including phenoxy) is 2. The summed E-state index contributed by atoms with van der Waals surface area (Å²) in [7, 11) is 1.21. The van der Waals surface area contributed by atoms with Gasteiger partial charge in [0.05, 0.1) is 29.1 Å². The molecule has 3 aromatic rings. The zero-order valence-electron chi connectivity index (χ0n) is 22.0. The van der Waals surface area contributed by atoms with Gasteiger partial charge in [-0.15, -0.1) is 0 Å². The minimum absolute atomic E-state index is 0.0608. The number of aromatic nitrogens is 1. The standard InChI is InChI=1S/C29H24N4O7/c1-15-23(13-20(14-30)27(34)32-15)18-7-6-10-22(12-18)40-29(36)25-17(3)31-16(2)24(28(35)39-4)26(25)19-8-5-9-21(11-19)33(37)38/h5-13,26,31H,1-4H3,(H,32,34). The highest BCUT2D eigenvalue weighted by molar-refractivity contribution is 6.00. The maximum absolute atomic E-state index is 13.7. The number of allylic oxidation sites excluding steroid dienone is 2. The van der Waals surface area contributed by atoms with Gasteiger partial charge in [0, 0.05) is 34.8 Å². The van der Waals surface area contributed by atoms with Crippen LogP contribution < -0.4 is 15.6 Å². The first-order valence-electron chi connectivity index (χ1n) is 12.0. The topological polar surface area (TPSA) is 164 Å². The van der Waals surface area contributed by atoms with Gasteiger partial charge in [0.1, 0.15) is 17.4 Å². The normalized spacial score (nSPS) is 14.7. The van der Waals surface area contributed by atoms with E-state index in [1.54, 1.807) is 51.1 Å². The first-order valence-corrected chi connectivity index (χ1v) is 12.0. The quantitative estimate of drug-likeness (QED) is 0.202. The Bertz CT molecular complexity index is 1730. The highest BCUT2D eigenvalue weighted by atomic mass is 16.6. The summed E-state index contributed by atoms with van der Waals surface area (Å²) in [5, 5.41) is 23.8. The summed E-state index contributed by atoms with van der Waals surface area (Å²) in [6.07, 6.45) is 0. The molecule has 40 heavy (non-hydrogen) atoms. The fourth-order valence-electron chi connectivity index (χ4n) is 4.69. The summed E-state index contributed by atoms with van der Waals surface area (Å²) >= 11 is 0. The molecule has 1 unspecified atom stereocenters. The van der Waals surface area contributed by atoms with Gasteiger partial charge < -0.3 is 19.8 Å². The number of nitrogens with zero attached hydrogens (tertiary/aromatic N) is 2. The average Bonchev–Trinajstić information content (AvgIpc) is 2.92. The summed E-state index contributed by atoms with van der Waals surface area (Å²) in [6, 6.07) is 15.5. The molecule has 202 valence electrons. The largest absolute Gasteiger partial charge is 0.466 e. The molecule has 0 spiro atoms. The van der Waals surface area contributed by atoms with Crippen molar-refractivity contribution in [3.8, 4) is 22.9 Å². The number of aryl methyl sites for hydroxylation is 1. The Balaban J connectivity index is 1.77. The van der Waals surface area contributed by atoms with E-state index in [4.69, 9.17) is 9.47 Å². The second-order valence-corrected chi connectivity index (χ2v) is 9.06. The number of benzene rings is 2. The lowest BCUT2D eigenvalue weighted by Gasteiger charge is -2.30. The molecule has 0 saturated carbocycles. The van der Waals surface area contributed by atoms with Crippen LogP contribution in [0.1, 0.15) is 36.6 Å². The van der Waals surface area contributed by atoms with Crippen LogP contribution in [0.4, 0.5) is 5.69 Å². The number of pyridine rings is 1. The molecule has 4 rings (SSSR count). The molecule has 0 bridgehead atoms. The van der Waals surface area contributed by atoms with Gasteiger partial charge in [-0.05, 0) is 50.1 Å². The van der Waals surface area contributed by atoms with Gasteiger partial charge >= 0.3 is 11.9 Å². The van der Waals surface area contributed by atoms with Crippen LogP contribution >= 0.6 is 0 Å².